The molecule has 2 N–H and O–H groups in total. The quantitative estimate of drug-likeness (QED) is 0.309. The number of nitrogens with one attached hydrogen (secondary N) is 1. The number of hydrogen-bond acceptors (Lipinski definition) is 10. The van der Waals surface area contributed by atoms with E-state index in [0.29, 0.717) is 32.1 Å². The average Bonchev–Trinajstić information content (AvgIpc) is 3.40. The van der Waals surface area contributed by atoms with Gasteiger partial charge < -0.3 is 29.0 Å². The zero-order chi connectivity index (χ0) is 27.4. The minimum atomic E-state index is -1.08. The summed E-state index contributed by atoms with van der Waals surface area (Å²) in [5.74, 6) is 1.51. The summed E-state index contributed by atoms with van der Waals surface area (Å²) < 4.78 is 25.4. The Labute approximate surface area is 229 Å². The van der Waals surface area contributed by atoms with E-state index >= 15 is 0 Å². The van der Waals surface area contributed by atoms with Gasteiger partial charge in [-0.2, -0.15) is 5.10 Å². The second kappa shape index (κ2) is 12.1. The van der Waals surface area contributed by atoms with Crippen molar-refractivity contribution >= 4 is 16.7 Å². The fourth-order valence-electron chi connectivity index (χ4n) is 5.00. The van der Waals surface area contributed by atoms with Gasteiger partial charge in [-0.1, -0.05) is 0 Å². The Kier molecular flexibility index (Phi) is 8.63. The molecule has 0 aromatic carbocycles. The van der Waals surface area contributed by atoms with Gasteiger partial charge in [0.15, 0.2) is 6.23 Å². The van der Waals surface area contributed by atoms with Gasteiger partial charge in [-0.3, -0.25) is 10.3 Å². The molecule has 11 nitrogen and oxygen atoms in total. The van der Waals surface area contributed by atoms with Crippen LogP contribution in [0.5, 0.6) is 5.75 Å². The number of aliphatic hydroxyl groups is 1. The third-order valence-electron chi connectivity index (χ3n) is 6.82. The largest absolute Gasteiger partial charge is 0.491 e. The van der Waals surface area contributed by atoms with Crippen LogP contribution in [0, 0.1) is 0 Å². The van der Waals surface area contributed by atoms with E-state index in [0.717, 1.165) is 60.5 Å². The number of pyridine rings is 2. The van der Waals surface area contributed by atoms with Gasteiger partial charge in [-0.15, -0.1) is 0 Å². The highest BCUT2D eigenvalue weighted by atomic mass is 16.6. The maximum absolute atomic E-state index is 10.1. The first kappa shape index (κ1) is 27.7. The summed E-state index contributed by atoms with van der Waals surface area (Å²) in [5.41, 5.74) is 1.88. The highest BCUT2D eigenvalue weighted by Gasteiger charge is 2.25. The van der Waals surface area contributed by atoms with Crippen molar-refractivity contribution < 1.29 is 24.1 Å². The summed E-state index contributed by atoms with van der Waals surface area (Å²) in [6, 6.07) is 6.05. The van der Waals surface area contributed by atoms with Crippen molar-refractivity contribution in [2.75, 3.05) is 44.4 Å². The standard InChI is InChI=1S/C28H40N6O5/c1-19-18-36-16-13-33(19)23-17-22(37-15-12-30-27(35)39-28(2,3)4)20-8-10-29-26(25(20)32-23)21-9-11-31-34(21)24-7-5-6-14-38-24/h8-11,17,19,24,27,30,35H,5-7,12-16,18H2,1-4H3/t19-,24?,27?/m1/s1. The van der Waals surface area contributed by atoms with Crippen LogP contribution in [0.15, 0.2) is 30.6 Å². The van der Waals surface area contributed by atoms with Crippen LogP contribution in [0.25, 0.3) is 22.3 Å². The number of aliphatic hydroxyl groups excluding tert-OH is 1. The number of rotatable bonds is 9. The van der Waals surface area contributed by atoms with Gasteiger partial charge in [0, 0.05) is 43.5 Å². The number of hydrogen-bond donors (Lipinski definition) is 2. The van der Waals surface area contributed by atoms with Crippen LogP contribution in [0.3, 0.4) is 0 Å². The third-order valence-corrected chi connectivity index (χ3v) is 6.82. The van der Waals surface area contributed by atoms with Crippen molar-refractivity contribution in [2.24, 2.45) is 0 Å². The van der Waals surface area contributed by atoms with Crippen LogP contribution in [-0.4, -0.2) is 82.4 Å². The van der Waals surface area contributed by atoms with Gasteiger partial charge in [0.1, 0.15) is 29.4 Å². The fourth-order valence-corrected chi connectivity index (χ4v) is 5.00. The lowest BCUT2D eigenvalue weighted by atomic mass is 10.1. The Morgan fingerprint density at radius 2 is 2.08 bits per heavy atom. The van der Waals surface area contributed by atoms with Crippen molar-refractivity contribution in [3.05, 3.63) is 30.6 Å². The molecule has 3 aromatic heterocycles. The zero-order valence-corrected chi connectivity index (χ0v) is 23.3. The van der Waals surface area contributed by atoms with Gasteiger partial charge in [-0.05, 0) is 59.1 Å². The maximum Gasteiger partial charge on any atom is 0.214 e. The van der Waals surface area contributed by atoms with Gasteiger partial charge in [-0.25, -0.2) is 9.67 Å². The van der Waals surface area contributed by atoms with Crippen molar-refractivity contribution in [1.29, 1.82) is 0 Å². The summed E-state index contributed by atoms with van der Waals surface area (Å²) in [7, 11) is 0. The van der Waals surface area contributed by atoms with E-state index in [-0.39, 0.29) is 12.3 Å². The lowest BCUT2D eigenvalue weighted by Crippen LogP contribution is -2.44. The van der Waals surface area contributed by atoms with Gasteiger partial charge in [0.2, 0.25) is 6.41 Å². The molecule has 5 heterocycles. The molecule has 0 amide bonds. The molecule has 11 heteroatoms. The molecular formula is C28H40N6O5. The van der Waals surface area contributed by atoms with Crippen LogP contribution >= 0.6 is 0 Å². The molecule has 2 aliphatic heterocycles. The maximum atomic E-state index is 10.1. The van der Waals surface area contributed by atoms with Crippen molar-refractivity contribution in [2.45, 2.75) is 71.2 Å². The summed E-state index contributed by atoms with van der Waals surface area (Å²) >= 11 is 0. The summed E-state index contributed by atoms with van der Waals surface area (Å²) in [6.45, 7) is 11.3. The van der Waals surface area contributed by atoms with Crippen LogP contribution < -0.4 is 15.0 Å². The number of fused-ring (bicyclic) bond motifs is 1. The lowest BCUT2D eigenvalue weighted by Gasteiger charge is -2.34. The highest BCUT2D eigenvalue weighted by Crippen LogP contribution is 2.36. The Balaban J connectivity index is 1.47. The molecule has 2 unspecified atom stereocenters. The second-order valence-corrected chi connectivity index (χ2v) is 11.0. The average molecular weight is 541 g/mol. The molecule has 39 heavy (non-hydrogen) atoms. The first-order valence-electron chi connectivity index (χ1n) is 13.8. The van der Waals surface area contributed by atoms with E-state index in [4.69, 9.17) is 28.9 Å². The monoisotopic (exact) mass is 540 g/mol. The SMILES string of the molecule is C[C@@H]1COCCN1c1cc(OCCNC(O)OC(C)(C)C)c2ccnc(-c3ccnn3C3CCCCO3)c2n1. The van der Waals surface area contributed by atoms with E-state index in [1.165, 1.54) is 0 Å². The molecule has 0 radical (unpaired) electrons. The zero-order valence-electron chi connectivity index (χ0n) is 23.3. The topological polar surface area (TPSA) is 116 Å². The Bertz CT molecular complexity index is 1240. The van der Waals surface area contributed by atoms with Crippen molar-refractivity contribution in [3.63, 3.8) is 0 Å². The summed E-state index contributed by atoms with van der Waals surface area (Å²) in [5, 5.41) is 18.5. The third kappa shape index (κ3) is 6.67. The van der Waals surface area contributed by atoms with Crippen LogP contribution in [0.2, 0.25) is 0 Å². The number of anilines is 1. The molecular weight excluding hydrogens is 500 g/mol. The highest BCUT2D eigenvalue weighted by molar-refractivity contribution is 5.95. The van der Waals surface area contributed by atoms with Crippen LogP contribution in [0.4, 0.5) is 5.82 Å². The molecule has 5 rings (SSSR count). The predicted octanol–water partition coefficient (Wildman–Crippen LogP) is 3.48. The van der Waals surface area contributed by atoms with Gasteiger partial charge in [0.05, 0.1) is 30.6 Å². The summed E-state index contributed by atoms with van der Waals surface area (Å²) in [6.07, 6.45) is 5.45. The van der Waals surface area contributed by atoms with E-state index in [1.807, 2.05) is 43.7 Å². The fraction of sp³-hybridized carbons (Fsp3) is 0.607. The van der Waals surface area contributed by atoms with Crippen LogP contribution in [-0.2, 0) is 14.2 Å². The molecule has 0 bridgehead atoms. The molecule has 3 aromatic rings. The Hall–Kier alpha value is -2.83. The van der Waals surface area contributed by atoms with E-state index in [1.54, 1.807) is 12.4 Å². The first-order valence-corrected chi connectivity index (χ1v) is 13.8. The number of ether oxygens (including phenoxy) is 4. The minimum absolute atomic E-state index is 0.119. The number of morpholine rings is 1. The molecule has 212 valence electrons. The molecule has 2 fully saturated rings. The molecule has 0 aliphatic carbocycles. The molecule has 0 saturated carbocycles. The first-order chi connectivity index (χ1) is 18.8. The second-order valence-electron chi connectivity index (χ2n) is 11.0. The minimum Gasteiger partial charge on any atom is -0.491 e. The molecule has 2 saturated heterocycles. The molecule has 3 atom stereocenters. The van der Waals surface area contributed by atoms with E-state index < -0.39 is 12.0 Å². The smallest absolute Gasteiger partial charge is 0.214 e. The number of aromatic nitrogens is 4. The normalized spacial score (nSPS) is 21.3. The van der Waals surface area contributed by atoms with Crippen LogP contribution in [0.1, 0.15) is 53.2 Å². The Morgan fingerprint density at radius 3 is 2.85 bits per heavy atom. The predicted molar refractivity (Wildman–Crippen MR) is 148 cm³/mol. The number of nitrogens with zero attached hydrogens (tertiary/aromatic N) is 5. The van der Waals surface area contributed by atoms with Crippen molar-refractivity contribution in [1.82, 2.24) is 25.1 Å². The van der Waals surface area contributed by atoms with E-state index in [9.17, 15) is 5.11 Å². The van der Waals surface area contributed by atoms with Crippen molar-refractivity contribution in [3.8, 4) is 17.1 Å². The lowest BCUT2D eigenvalue weighted by molar-refractivity contribution is -0.181. The van der Waals surface area contributed by atoms with Gasteiger partial charge in [0.25, 0.3) is 0 Å². The van der Waals surface area contributed by atoms with Gasteiger partial charge >= 0.3 is 0 Å². The molecule has 2 aliphatic rings. The molecule has 0 spiro atoms. The van der Waals surface area contributed by atoms with E-state index in [2.05, 4.69) is 22.2 Å². The summed E-state index contributed by atoms with van der Waals surface area (Å²) in [4.78, 5) is 12.1. The Morgan fingerprint density at radius 1 is 1.21 bits per heavy atom.